The van der Waals surface area contributed by atoms with E-state index in [1.807, 2.05) is 13.8 Å². The van der Waals surface area contributed by atoms with Gasteiger partial charge in [0.05, 0.1) is 12.0 Å². The van der Waals surface area contributed by atoms with Gasteiger partial charge in [-0.2, -0.15) is 0 Å². The Bertz CT molecular complexity index is 369. The second kappa shape index (κ2) is 7.48. The maximum Gasteiger partial charge on any atom is 0.311 e. The summed E-state index contributed by atoms with van der Waals surface area (Å²) in [6, 6.07) is 0. The van der Waals surface area contributed by atoms with Crippen molar-refractivity contribution in [3.05, 3.63) is 0 Å². The summed E-state index contributed by atoms with van der Waals surface area (Å²) in [7, 11) is -1.60. The smallest absolute Gasteiger partial charge is 0.311 e. The summed E-state index contributed by atoms with van der Waals surface area (Å²) in [6.45, 7) is 16.9. The van der Waals surface area contributed by atoms with Crippen LogP contribution in [0.5, 0.6) is 0 Å². The fourth-order valence-electron chi connectivity index (χ4n) is 2.75. The van der Waals surface area contributed by atoms with Gasteiger partial charge in [0.2, 0.25) is 0 Å². The van der Waals surface area contributed by atoms with Crippen molar-refractivity contribution in [2.75, 3.05) is 13.2 Å². The number of ether oxygens (including phenoxy) is 1. The molecule has 1 unspecified atom stereocenters. The van der Waals surface area contributed by atoms with E-state index >= 15 is 0 Å². The van der Waals surface area contributed by atoms with E-state index in [1.165, 1.54) is 12.8 Å². The first-order valence-corrected chi connectivity index (χ1v) is 11.7. The maximum absolute atomic E-state index is 11.8. The Labute approximate surface area is 138 Å². The molecule has 1 fully saturated rings. The van der Waals surface area contributed by atoms with Gasteiger partial charge in [0.25, 0.3) is 0 Å². The molecule has 1 heterocycles. The van der Waals surface area contributed by atoms with Gasteiger partial charge in [-0.25, -0.2) is 0 Å². The van der Waals surface area contributed by atoms with Crippen molar-refractivity contribution in [2.24, 2.45) is 11.3 Å². The number of hydrogen-bond acceptors (Lipinski definition) is 3. The Morgan fingerprint density at radius 2 is 1.91 bits per heavy atom. The standard InChI is InChI=1S/C18H36O3Si/c1-17(2,3)22(6,7)21-12-9-8-10-15-11-13-20-16(19)18(4,5)14-15/h15H,8-14H2,1-7H3. The van der Waals surface area contributed by atoms with E-state index in [0.717, 1.165) is 25.9 Å². The number of carbonyl (C=O) groups excluding carboxylic acids is 1. The van der Waals surface area contributed by atoms with Crippen molar-refractivity contribution >= 4 is 14.3 Å². The third kappa shape index (κ3) is 5.69. The summed E-state index contributed by atoms with van der Waals surface area (Å²) >= 11 is 0. The summed E-state index contributed by atoms with van der Waals surface area (Å²) in [5.74, 6) is 0.575. The topological polar surface area (TPSA) is 35.5 Å². The summed E-state index contributed by atoms with van der Waals surface area (Å²) < 4.78 is 11.5. The molecule has 0 spiro atoms. The van der Waals surface area contributed by atoms with Gasteiger partial charge in [0.1, 0.15) is 0 Å². The number of hydrogen-bond donors (Lipinski definition) is 0. The number of esters is 1. The molecule has 0 saturated carbocycles. The van der Waals surface area contributed by atoms with Gasteiger partial charge in [-0.3, -0.25) is 4.79 Å². The normalized spacial score (nSPS) is 23.0. The van der Waals surface area contributed by atoms with Crippen LogP contribution >= 0.6 is 0 Å². The highest BCUT2D eigenvalue weighted by Crippen LogP contribution is 2.37. The second-order valence-corrected chi connectivity index (χ2v) is 13.8. The van der Waals surface area contributed by atoms with E-state index in [1.54, 1.807) is 0 Å². The molecule has 1 atom stereocenters. The number of unbranched alkanes of at least 4 members (excludes halogenated alkanes) is 1. The lowest BCUT2D eigenvalue weighted by molar-refractivity contribution is -0.152. The van der Waals surface area contributed by atoms with E-state index in [-0.39, 0.29) is 16.4 Å². The van der Waals surface area contributed by atoms with Crippen LogP contribution in [-0.2, 0) is 14.0 Å². The minimum Gasteiger partial charge on any atom is -0.465 e. The molecular weight excluding hydrogens is 292 g/mol. The summed E-state index contributed by atoms with van der Waals surface area (Å²) in [5.41, 5.74) is -0.321. The van der Waals surface area contributed by atoms with Gasteiger partial charge < -0.3 is 9.16 Å². The molecule has 1 aliphatic heterocycles. The third-order valence-electron chi connectivity index (χ3n) is 5.39. The molecule has 1 rings (SSSR count). The first kappa shape index (κ1) is 19.7. The van der Waals surface area contributed by atoms with E-state index in [4.69, 9.17) is 9.16 Å². The highest BCUT2D eigenvalue weighted by molar-refractivity contribution is 6.74. The van der Waals surface area contributed by atoms with E-state index in [2.05, 4.69) is 33.9 Å². The lowest BCUT2D eigenvalue weighted by Crippen LogP contribution is -2.40. The highest BCUT2D eigenvalue weighted by atomic mass is 28.4. The molecule has 1 saturated heterocycles. The highest BCUT2D eigenvalue weighted by Gasteiger charge is 2.37. The van der Waals surface area contributed by atoms with Crippen molar-refractivity contribution in [3.8, 4) is 0 Å². The molecule has 1 aliphatic rings. The van der Waals surface area contributed by atoms with Crippen molar-refractivity contribution in [1.82, 2.24) is 0 Å². The van der Waals surface area contributed by atoms with E-state index < -0.39 is 8.32 Å². The second-order valence-electron chi connectivity index (χ2n) is 8.98. The zero-order chi connectivity index (χ0) is 17.0. The molecule has 130 valence electrons. The number of rotatable bonds is 6. The molecule has 0 aliphatic carbocycles. The van der Waals surface area contributed by atoms with Crippen LogP contribution in [0, 0.1) is 11.3 Å². The van der Waals surface area contributed by atoms with Gasteiger partial charge in [0, 0.05) is 6.61 Å². The molecule has 0 radical (unpaired) electrons. The van der Waals surface area contributed by atoms with Gasteiger partial charge >= 0.3 is 5.97 Å². The van der Waals surface area contributed by atoms with Crippen LogP contribution in [0.1, 0.15) is 66.7 Å². The van der Waals surface area contributed by atoms with Gasteiger partial charge in [-0.05, 0) is 57.2 Å². The van der Waals surface area contributed by atoms with Gasteiger partial charge in [-0.15, -0.1) is 0 Å². The fourth-order valence-corrected chi connectivity index (χ4v) is 3.83. The quantitative estimate of drug-likeness (QED) is 0.384. The minimum atomic E-state index is -1.60. The first-order chi connectivity index (χ1) is 9.96. The number of carbonyl (C=O) groups is 1. The summed E-state index contributed by atoms with van der Waals surface area (Å²) in [5, 5.41) is 0.288. The molecule has 22 heavy (non-hydrogen) atoms. The van der Waals surface area contributed by atoms with Crippen LogP contribution < -0.4 is 0 Å². The predicted molar refractivity (Wildman–Crippen MR) is 94.5 cm³/mol. The molecule has 0 amide bonds. The van der Waals surface area contributed by atoms with Crippen LogP contribution in [-0.4, -0.2) is 27.5 Å². The van der Waals surface area contributed by atoms with Gasteiger partial charge in [0.15, 0.2) is 8.32 Å². The maximum atomic E-state index is 11.8. The van der Waals surface area contributed by atoms with Crippen LogP contribution in [0.3, 0.4) is 0 Å². The Kier molecular flexibility index (Phi) is 6.69. The molecule has 0 aromatic heterocycles. The molecule has 4 heteroatoms. The fraction of sp³-hybridized carbons (Fsp3) is 0.944. The summed E-state index contributed by atoms with van der Waals surface area (Å²) in [6.07, 6.45) is 5.45. The molecular formula is C18H36O3Si. The lowest BCUT2D eigenvalue weighted by atomic mass is 9.80. The predicted octanol–water partition coefficient (Wildman–Crippen LogP) is 5.16. The van der Waals surface area contributed by atoms with Crippen molar-refractivity contribution in [1.29, 1.82) is 0 Å². The Hall–Kier alpha value is -0.353. The van der Waals surface area contributed by atoms with E-state index in [9.17, 15) is 4.79 Å². The van der Waals surface area contributed by atoms with Crippen molar-refractivity contribution in [3.63, 3.8) is 0 Å². The molecule has 0 aromatic carbocycles. The molecule has 0 aromatic rings. The van der Waals surface area contributed by atoms with Crippen molar-refractivity contribution in [2.45, 2.75) is 84.9 Å². The molecule has 3 nitrogen and oxygen atoms in total. The number of cyclic esters (lactones) is 1. The zero-order valence-electron chi connectivity index (χ0n) is 15.8. The van der Waals surface area contributed by atoms with Crippen molar-refractivity contribution < 1.29 is 14.0 Å². The Morgan fingerprint density at radius 3 is 2.50 bits per heavy atom. The average Bonchev–Trinajstić information content (AvgIpc) is 2.47. The SMILES string of the molecule is CC1(C)CC(CCCCO[Si](C)(C)C(C)(C)C)CCOC1=O. The molecule has 0 N–H and O–H groups in total. The largest absolute Gasteiger partial charge is 0.465 e. The van der Waals surface area contributed by atoms with Gasteiger partial charge in [-0.1, -0.05) is 33.6 Å². The monoisotopic (exact) mass is 328 g/mol. The Morgan fingerprint density at radius 1 is 1.27 bits per heavy atom. The third-order valence-corrected chi connectivity index (χ3v) is 9.92. The average molecular weight is 329 g/mol. The van der Waals surface area contributed by atoms with Crippen LogP contribution in [0.25, 0.3) is 0 Å². The molecule has 0 bridgehead atoms. The Balaban J connectivity index is 2.29. The van der Waals surface area contributed by atoms with E-state index in [0.29, 0.717) is 12.5 Å². The van der Waals surface area contributed by atoms with Crippen LogP contribution in [0.2, 0.25) is 18.1 Å². The summed E-state index contributed by atoms with van der Waals surface area (Å²) in [4.78, 5) is 11.8. The first-order valence-electron chi connectivity index (χ1n) is 8.77. The lowest BCUT2D eigenvalue weighted by Gasteiger charge is -2.36. The van der Waals surface area contributed by atoms with Crippen LogP contribution in [0.15, 0.2) is 0 Å². The minimum absolute atomic E-state index is 0.0312. The zero-order valence-corrected chi connectivity index (χ0v) is 16.8. The van der Waals surface area contributed by atoms with Crippen LogP contribution in [0.4, 0.5) is 0 Å².